The molecule has 0 saturated carbocycles. The van der Waals surface area contributed by atoms with E-state index in [1.54, 1.807) is 38.3 Å². The summed E-state index contributed by atoms with van der Waals surface area (Å²) in [6.45, 7) is 2.45. The molecule has 0 aliphatic heterocycles. The van der Waals surface area contributed by atoms with Crippen LogP contribution >= 0.6 is 23.2 Å². The van der Waals surface area contributed by atoms with E-state index in [1.165, 1.54) is 6.26 Å². The van der Waals surface area contributed by atoms with Gasteiger partial charge < -0.3 is 19.6 Å². The molecule has 0 aliphatic carbocycles. The molecule has 1 aromatic heterocycles. The highest BCUT2D eigenvalue weighted by Gasteiger charge is 2.25. The molecule has 0 bridgehead atoms. The van der Waals surface area contributed by atoms with Crippen LogP contribution < -0.4 is 10.1 Å². The summed E-state index contributed by atoms with van der Waals surface area (Å²) in [6, 6.07) is 6.88. The van der Waals surface area contributed by atoms with Crippen LogP contribution in [0.2, 0.25) is 10.0 Å². The lowest BCUT2D eigenvalue weighted by Crippen LogP contribution is -2.34. The van der Waals surface area contributed by atoms with Gasteiger partial charge in [-0.2, -0.15) is 0 Å². The van der Waals surface area contributed by atoms with Crippen molar-refractivity contribution < 1.29 is 14.3 Å². The summed E-state index contributed by atoms with van der Waals surface area (Å²) in [5, 5.41) is 14.5. The molecule has 2 rings (SSSR count). The largest absolute Gasteiger partial charge is 0.495 e. The molecule has 0 spiro atoms. The van der Waals surface area contributed by atoms with E-state index in [2.05, 4.69) is 5.32 Å². The molecule has 1 atom stereocenters. The number of hydrogen-bond acceptors (Lipinski definition) is 4. The van der Waals surface area contributed by atoms with Gasteiger partial charge in [0.05, 0.1) is 18.4 Å². The number of benzene rings is 1. The highest BCUT2D eigenvalue weighted by molar-refractivity contribution is 6.35. The van der Waals surface area contributed by atoms with Crippen molar-refractivity contribution in [1.29, 1.82) is 0 Å². The summed E-state index contributed by atoms with van der Waals surface area (Å²) in [5.74, 6) is 1.08. The summed E-state index contributed by atoms with van der Waals surface area (Å²) in [5.41, 5.74) is -0.274. The number of nitrogens with one attached hydrogen (secondary N) is 1. The second-order valence-electron chi connectivity index (χ2n) is 4.93. The predicted octanol–water partition coefficient (Wildman–Crippen LogP) is 3.59. The highest BCUT2D eigenvalue weighted by Crippen LogP contribution is 2.32. The van der Waals surface area contributed by atoms with Gasteiger partial charge in [0.2, 0.25) is 0 Å². The number of hydrogen-bond donors (Lipinski definition) is 2. The smallest absolute Gasteiger partial charge is 0.142 e. The van der Waals surface area contributed by atoms with E-state index in [1.807, 2.05) is 0 Å². The summed E-state index contributed by atoms with van der Waals surface area (Å²) < 4.78 is 10.5. The lowest BCUT2D eigenvalue weighted by Gasteiger charge is -2.21. The van der Waals surface area contributed by atoms with E-state index >= 15 is 0 Å². The minimum atomic E-state index is -1.10. The van der Waals surface area contributed by atoms with Crippen LogP contribution in [-0.2, 0) is 12.1 Å². The van der Waals surface area contributed by atoms with Crippen molar-refractivity contribution in [3.63, 3.8) is 0 Å². The molecule has 2 aromatic rings. The molecule has 4 nitrogen and oxygen atoms in total. The molecule has 0 radical (unpaired) electrons. The number of rotatable bonds is 6. The Kier molecular flexibility index (Phi) is 5.17. The van der Waals surface area contributed by atoms with Gasteiger partial charge in [0.1, 0.15) is 17.1 Å². The maximum Gasteiger partial charge on any atom is 0.142 e. The van der Waals surface area contributed by atoms with Gasteiger partial charge in [-0.25, -0.2) is 0 Å². The fourth-order valence-electron chi connectivity index (χ4n) is 2.09. The van der Waals surface area contributed by atoms with E-state index in [-0.39, 0.29) is 0 Å². The van der Waals surface area contributed by atoms with E-state index < -0.39 is 5.60 Å². The van der Waals surface area contributed by atoms with E-state index in [4.69, 9.17) is 32.4 Å². The van der Waals surface area contributed by atoms with Crippen molar-refractivity contribution in [2.75, 3.05) is 13.7 Å². The maximum absolute atomic E-state index is 10.3. The molecule has 6 heteroatoms. The van der Waals surface area contributed by atoms with Crippen LogP contribution in [0.15, 0.2) is 34.9 Å². The minimum Gasteiger partial charge on any atom is -0.495 e. The zero-order chi connectivity index (χ0) is 15.5. The van der Waals surface area contributed by atoms with E-state index in [0.717, 1.165) is 5.56 Å². The first-order chi connectivity index (χ1) is 9.94. The molecule has 1 heterocycles. The van der Waals surface area contributed by atoms with Crippen molar-refractivity contribution >= 4 is 23.2 Å². The number of furan rings is 1. The second kappa shape index (κ2) is 6.71. The fraction of sp³-hybridized carbons (Fsp3) is 0.333. The average molecular weight is 330 g/mol. The van der Waals surface area contributed by atoms with Gasteiger partial charge >= 0.3 is 0 Å². The van der Waals surface area contributed by atoms with Gasteiger partial charge in [0.15, 0.2) is 0 Å². The van der Waals surface area contributed by atoms with Crippen LogP contribution in [0.1, 0.15) is 18.2 Å². The summed E-state index contributed by atoms with van der Waals surface area (Å²) in [6.07, 6.45) is 1.53. The van der Waals surface area contributed by atoms with Crippen LogP contribution in [0, 0.1) is 0 Å². The molecular formula is C15H17Cl2NO3. The average Bonchev–Trinajstić information content (AvgIpc) is 2.92. The molecule has 2 N–H and O–H groups in total. The third-order valence-electron chi connectivity index (χ3n) is 3.13. The first-order valence-corrected chi connectivity index (χ1v) is 7.18. The Morgan fingerprint density at radius 1 is 1.38 bits per heavy atom. The number of methoxy groups -OCH3 is 1. The van der Waals surface area contributed by atoms with Gasteiger partial charge in [-0.1, -0.05) is 23.2 Å². The predicted molar refractivity (Wildman–Crippen MR) is 83.0 cm³/mol. The standard InChI is InChI=1S/C15H17Cl2NO3/c1-15(19,13-4-3-5-21-13)9-18-8-10-6-11(16)7-12(17)14(10)20-2/h3-7,18-19H,8-9H2,1-2H3. The number of ether oxygens (including phenoxy) is 1. The zero-order valence-corrected chi connectivity index (χ0v) is 13.3. The van der Waals surface area contributed by atoms with Gasteiger partial charge in [0.25, 0.3) is 0 Å². The monoisotopic (exact) mass is 329 g/mol. The lowest BCUT2D eigenvalue weighted by molar-refractivity contribution is 0.0340. The fourth-order valence-corrected chi connectivity index (χ4v) is 2.70. The Hall–Kier alpha value is -1.20. The third kappa shape index (κ3) is 3.92. The van der Waals surface area contributed by atoms with Gasteiger partial charge in [-0.3, -0.25) is 0 Å². The Balaban J connectivity index is 2.04. The minimum absolute atomic E-state index is 0.313. The van der Waals surface area contributed by atoms with Crippen molar-refractivity contribution in [1.82, 2.24) is 5.32 Å². The zero-order valence-electron chi connectivity index (χ0n) is 11.8. The van der Waals surface area contributed by atoms with Crippen LogP contribution in [-0.4, -0.2) is 18.8 Å². The topological polar surface area (TPSA) is 54.6 Å². The van der Waals surface area contributed by atoms with Crippen LogP contribution in [0.3, 0.4) is 0 Å². The summed E-state index contributed by atoms with van der Waals surface area (Å²) >= 11 is 12.1. The Morgan fingerprint density at radius 3 is 2.76 bits per heavy atom. The molecule has 21 heavy (non-hydrogen) atoms. The van der Waals surface area contributed by atoms with E-state index in [9.17, 15) is 5.11 Å². The van der Waals surface area contributed by atoms with Crippen LogP contribution in [0.5, 0.6) is 5.75 Å². The van der Waals surface area contributed by atoms with Crippen molar-refractivity contribution in [2.45, 2.75) is 19.1 Å². The van der Waals surface area contributed by atoms with Gasteiger partial charge in [-0.15, -0.1) is 0 Å². The van der Waals surface area contributed by atoms with E-state index in [0.29, 0.717) is 34.6 Å². The quantitative estimate of drug-likeness (QED) is 0.850. The van der Waals surface area contributed by atoms with Crippen LogP contribution in [0.25, 0.3) is 0 Å². The molecule has 0 aliphatic rings. The summed E-state index contributed by atoms with van der Waals surface area (Å²) in [4.78, 5) is 0. The molecular weight excluding hydrogens is 313 g/mol. The third-order valence-corrected chi connectivity index (χ3v) is 3.63. The van der Waals surface area contributed by atoms with Crippen molar-refractivity contribution in [3.8, 4) is 5.75 Å². The summed E-state index contributed by atoms with van der Waals surface area (Å²) in [7, 11) is 1.55. The van der Waals surface area contributed by atoms with Crippen molar-refractivity contribution in [3.05, 3.63) is 51.9 Å². The second-order valence-corrected chi connectivity index (χ2v) is 5.78. The normalized spacial score (nSPS) is 14.0. The molecule has 1 unspecified atom stereocenters. The SMILES string of the molecule is COc1c(Cl)cc(Cl)cc1CNCC(C)(O)c1ccco1. The number of halogens is 2. The molecule has 0 fully saturated rings. The first-order valence-electron chi connectivity index (χ1n) is 6.43. The Labute approximate surface area is 133 Å². The Morgan fingerprint density at radius 2 is 2.14 bits per heavy atom. The Bertz CT molecular complexity index is 597. The molecule has 114 valence electrons. The van der Waals surface area contributed by atoms with Gasteiger partial charge in [-0.05, 0) is 31.2 Å². The molecule has 1 aromatic carbocycles. The van der Waals surface area contributed by atoms with Gasteiger partial charge in [0, 0.05) is 23.7 Å². The lowest BCUT2D eigenvalue weighted by atomic mass is 10.0. The van der Waals surface area contributed by atoms with Crippen molar-refractivity contribution in [2.24, 2.45) is 0 Å². The number of aliphatic hydroxyl groups is 1. The first kappa shape index (κ1) is 16.2. The molecule has 0 saturated heterocycles. The molecule has 0 amide bonds. The van der Waals surface area contributed by atoms with Crippen LogP contribution in [0.4, 0.5) is 0 Å². The highest BCUT2D eigenvalue weighted by atomic mass is 35.5. The maximum atomic E-state index is 10.3.